The fourth-order valence-corrected chi connectivity index (χ4v) is 3.84. The normalized spacial score (nSPS) is 19.9. The lowest BCUT2D eigenvalue weighted by atomic mass is 10.1. The zero-order chi connectivity index (χ0) is 17.2. The van der Waals surface area contributed by atoms with Crippen LogP contribution in [0.1, 0.15) is 12.5 Å². The van der Waals surface area contributed by atoms with E-state index in [-0.39, 0.29) is 5.91 Å². The molecule has 0 spiro atoms. The molecule has 1 saturated heterocycles. The first kappa shape index (κ1) is 15.9. The molecule has 0 radical (unpaired) electrons. The Labute approximate surface area is 148 Å². The molecule has 0 bridgehead atoms. The standard InChI is InChI=1S/C20H24N4O/c1-16-14-17-6-2-3-7-18(17)24(16)15-20(25)23-12-10-22(11-13-23)19-8-4-5-9-21-19/h2-9,16H,10-15H2,1H3. The first-order valence-electron chi connectivity index (χ1n) is 9.00. The summed E-state index contributed by atoms with van der Waals surface area (Å²) in [7, 11) is 0. The number of aromatic nitrogens is 1. The van der Waals surface area contributed by atoms with E-state index in [9.17, 15) is 4.79 Å². The van der Waals surface area contributed by atoms with E-state index < -0.39 is 0 Å². The number of pyridine rings is 1. The third-order valence-corrected chi connectivity index (χ3v) is 5.26. The van der Waals surface area contributed by atoms with Crippen molar-refractivity contribution in [1.29, 1.82) is 0 Å². The van der Waals surface area contributed by atoms with Crippen LogP contribution in [0.2, 0.25) is 0 Å². The van der Waals surface area contributed by atoms with E-state index in [0.29, 0.717) is 12.6 Å². The molecule has 0 N–H and O–H groups in total. The molecule has 0 saturated carbocycles. The van der Waals surface area contributed by atoms with Gasteiger partial charge in [-0.1, -0.05) is 24.3 Å². The molecule has 1 aromatic heterocycles. The maximum Gasteiger partial charge on any atom is 0.242 e. The summed E-state index contributed by atoms with van der Waals surface area (Å²) in [5.41, 5.74) is 2.57. The molecule has 1 atom stereocenters. The average Bonchev–Trinajstić information content (AvgIpc) is 2.98. The van der Waals surface area contributed by atoms with Gasteiger partial charge in [-0.15, -0.1) is 0 Å². The predicted octanol–water partition coefficient (Wildman–Crippen LogP) is 2.18. The molecule has 5 nitrogen and oxygen atoms in total. The van der Waals surface area contributed by atoms with Crippen LogP contribution in [0.3, 0.4) is 0 Å². The predicted molar refractivity (Wildman–Crippen MR) is 100.0 cm³/mol. The summed E-state index contributed by atoms with van der Waals surface area (Å²) < 4.78 is 0. The molecule has 1 unspecified atom stereocenters. The van der Waals surface area contributed by atoms with Gasteiger partial charge in [-0.2, -0.15) is 0 Å². The first-order chi connectivity index (χ1) is 12.2. The van der Waals surface area contributed by atoms with Crippen LogP contribution >= 0.6 is 0 Å². The Balaban J connectivity index is 1.37. The minimum atomic E-state index is 0.226. The molecular formula is C20H24N4O. The van der Waals surface area contributed by atoms with E-state index in [1.165, 1.54) is 11.3 Å². The molecule has 2 aliphatic rings. The topological polar surface area (TPSA) is 39.7 Å². The van der Waals surface area contributed by atoms with E-state index in [4.69, 9.17) is 0 Å². The van der Waals surface area contributed by atoms with Gasteiger partial charge in [0.2, 0.25) is 5.91 Å². The Morgan fingerprint density at radius 3 is 2.60 bits per heavy atom. The average molecular weight is 336 g/mol. The Bertz CT molecular complexity index is 740. The Morgan fingerprint density at radius 2 is 1.84 bits per heavy atom. The van der Waals surface area contributed by atoms with E-state index in [0.717, 1.165) is 38.4 Å². The van der Waals surface area contributed by atoms with Crippen LogP contribution in [0.15, 0.2) is 48.7 Å². The number of fused-ring (bicyclic) bond motifs is 1. The zero-order valence-corrected chi connectivity index (χ0v) is 14.6. The quantitative estimate of drug-likeness (QED) is 0.861. The molecule has 25 heavy (non-hydrogen) atoms. The van der Waals surface area contributed by atoms with Crippen molar-refractivity contribution in [3.63, 3.8) is 0 Å². The molecule has 1 fully saturated rings. The number of anilines is 2. The molecule has 5 heteroatoms. The second-order valence-electron chi connectivity index (χ2n) is 6.87. The van der Waals surface area contributed by atoms with Gasteiger partial charge in [0.25, 0.3) is 0 Å². The number of nitrogens with zero attached hydrogens (tertiary/aromatic N) is 4. The molecule has 0 aliphatic carbocycles. The maximum absolute atomic E-state index is 12.8. The summed E-state index contributed by atoms with van der Waals surface area (Å²) in [5.74, 6) is 1.22. The molecule has 130 valence electrons. The van der Waals surface area contributed by atoms with Gasteiger partial charge in [0.05, 0.1) is 6.54 Å². The number of hydrogen-bond donors (Lipinski definition) is 0. The summed E-state index contributed by atoms with van der Waals surface area (Å²) in [4.78, 5) is 23.7. The molecule has 1 aromatic carbocycles. The van der Waals surface area contributed by atoms with Gasteiger partial charge in [0.1, 0.15) is 5.82 Å². The van der Waals surface area contributed by atoms with Crippen molar-refractivity contribution < 1.29 is 4.79 Å². The van der Waals surface area contributed by atoms with Gasteiger partial charge in [-0.25, -0.2) is 4.98 Å². The van der Waals surface area contributed by atoms with Crippen LogP contribution in [0.4, 0.5) is 11.5 Å². The molecular weight excluding hydrogens is 312 g/mol. The molecule has 1 amide bonds. The van der Waals surface area contributed by atoms with E-state index in [1.807, 2.05) is 29.3 Å². The molecule has 2 aromatic rings. The first-order valence-corrected chi connectivity index (χ1v) is 9.00. The summed E-state index contributed by atoms with van der Waals surface area (Å²) >= 11 is 0. The highest BCUT2D eigenvalue weighted by Gasteiger charge is 2.29. The lowest BCUT2D eigenvalue weighted by Gasteiger charge is -2.36. The Hall–Kier alpha value is -2.56. The Morgan fingerprint density at radius 1 is 1.08 bits per heavy atom. The summed E-state index contributed by atoms with van der Waals surface area (Å²) in [6.07, 6.45) is 2.84. The molecule has 4 rings (SSSR count). The van der Waals surface area contributed by atoms with Crippen LogP contribution in [0.25, 0.3) is 0 Å². The van der Waals surface area contributed by atoms with Gasteiger partial charge in [0.15, 0.2) is 0 Å². The third-order valence-electron chi connectivity index (χ3n) is 5.26. The third kappa shape index (κ3) is 3.18. The van der Waals surface area contributed by atoms with E-state index >= 15 is 0 Å². The number of benzene rings is 1. The number of carbonyl (C=O) groups is 1. The highest BCUT2D eigenvalue weighted by Crippen LogP contribution is 2.31. The van der Waals surface area contributed by atoms with Crippen LogP contribution in [0, 0.1) is 0 Å². The van der Waals surface area contributed by atoms with Gasteiger partial charge < -0.3 is 14.7 Å². The highest BCUT2D eigenvalue weighted by molar-refractivity contribution is 5.83. The summed E-state index contributed by atoms with van der Waals surface area (Å²) in [6, 6.07) is 14.8. The fourth-order valence-electron chi connectivity index (χ4n) is 3.84. The highest BCUT2D eigenvalue weighted by atomic mass is 16.2. The minimum absolute atomic E-state index is 0.226. The van der Waals surface area contributed by atoms with Crippen molar-refractivity contribution in [2.24, 2.45) is 0 Å². The number of carbonyl (C=O) groups excluding carboxylic acids is 1. The van der Waals surface area contributed by atoms with Crippen LogP contribution in [-0.2, 0) is 11.2 Å². The van der Waals surface area contributed by atoms with Crippen LogP contribution < -0.4 is 9.80 Å². The van der Waals surface area contributed by atoms with E-state index in [2.05, 4.69) is 46.0 Å². The molecule has 2 aliphatic heterocycles. The Kier molecular flexibility index (Phi) is 4.30. The van der Waals surface area contributed by atoms with Gasteiger partial charge >= 0.3 is 0 Å². The van der Waals surface area contributed by atoms with Crippen molar-refractivity contribution in [2.45, 2.75) is 19.4 Å². The fraction of sp³-hybridized carbons (Fsp3) is 0.400. The van der Waals surface area contributed by atoms with Crippen LogP contribution in [-0.4, -0.2) is 54.6 Å². The van der Waals surface area contributed by atoms with Crippen molar-refractivity contribution >= 4 is 17.4 Å². The van der Waals surface area contributed by atoms with Crippen molar-refractivity contribution in [1.82, 2.24) is 9.88 Å². The monoisotopic (exact) mass is 336 g/mol. The second kappa shape index (κ2) is 6.75. The van der Waals surface area contributed by atoms with Gasteiger partial charge in [0, 0.05) is 44.1 Å². The SMILES string of the molecule is CC1Cc2ccccc2N1CC(=O)N1CCN(c2ccccn2)CC1. The number of hydrogen-bond acceptors (Lipinski definition) is 4. The maximum atomic E-state index is 12.8. The summed E-state index contributed by atoms with van der Waals surface area (Å²) in [5, 5.41) is 0. The smallest absolute Gasteiger partial charge is 0.242 e. The van der Waals surface area contributed by atoms with Crippen LogP contribution in [0.5, 0.6) is 0 Å². The number of piperazine rings is 1. The lowest BCUT2D eigenvalue weighted by molar-refractivity contribution is -0.130. The largest absolute Gasteiger partial charge is 0.359 e. The second-order valence-corrected chi connectivity index (χ2v) is 6.87. The summed E-state index contributed by atoms with van der Waals surface area (Å²) in [6.45, 7) is 5.89. The lowest BCUT2D eigenvalue weighted by Crippen LogP contribution is -2.52. The van der Waals surface area contributed by atoms with Crippen molar-refractivity contribution in [2.75, 3.05) is 42.5 Å². The minimum Gasteiger partial charge on any atom is -0.359 e. The van der Waals surface area contributed by atoms with Gasteiger partial charge in [-0.05, 0) is 37.1 Å². The van der Waals surface area contributed by atoms with Crippen molar-refractivity contribution in [3.05, 3.63) is 54.2 Å². The number of amides is 1. The van der Waals surface area contributed by atoms with Crippen molar-refractivity contribution in [3.8, 4) is 0 Å². The molecule has 3 heterocycles. The zero-order valence-electron chi connectivity index (χ0n) is 14.6. The number of para-hydroxylation sites is 1. The van der Waals surface area contributed by atoms with Gasteiger partial charge in [-0.3, -0.25) is 4.79 Å². The van der Waals surface area contributed by atoms with E-state index in [1.54, 1.807) is 0 Å². The number of rotatable bonds is 3.